The maximum absolute atomic E-state index is 9.50. The lowest BCUT2D eigenvalue weighted by molar-refractivity contribution is 0.647. The van der Waals surface area contributed by atoms with Crippen molar-refractivity contribution in [3.63, 3.8) is 0 Å². The van der Waals surface area contributed by atoms with Gasteiger partial charge in [-0.3, -0.25) is 0 Å². The van der Waals surface area contributed by atoms with Crippen molar-refractivity contribution in [3.05, 3.63) is 70.7 Å². The van der Waals surface area contributed by atoms with Gasteiger partial charge in [0.1, 0.15) is 17.5 Å². The second-order valence-electron chi connectivity index (χ2n) is 6.73. The standard InChI is InChI=1S/C22H20ClN3/c1-14(2)11-15-3-5-17(6-4-15)21-12-19(20(13-24)22(25)26-21)16-7-9-18(23)10-8-16/h3-10,12,14H,11H2,1-2H3,(H2,25,26). The van der Waals surface area contributed by atoms with E-state index in [1.54, 1.807) is 12.1 Å². The number of halogens is 1. The first kappa shape index (κ1) is 18.0. The van der Waals surface area contributed by atoms with Crippen LogP contribution in [0.1, 0.15) is 25.0 Å². The van der Waals surface area contributed by atoms with Crippen LogP contribution in [0.2, 0.25) is 5.02 Å². The second kappa shape index (κ2) is 7.59. The highest BCUT2D eigenvalue weighted by molar-refractivity contribution is 6.30. The van der Waals surface area contributed by atoms with Crippen LogP contribution < -0.4 is 5.73 Å². The highest BCUT2D eigenvalue weighted by Crippen LogP contribution is 2.32. The van der Waals surface area contributed by atoms with Gasteiger partial charge in [-0.05, 0) is 41.7 Å². The number of nitrogens with zero attached hydrogens (tertiary/aromatic N) is 2. The Morgan fingerprint density at radius 1 is 1.04 bits per heavy atom. The van der Waals surface area contributed by atoms with Crippen molar-refractivity contribution in [2.45, 2.75) is 20.3 Å². The molecule has 0 aliphatic carbocycles. The van der Waals surface area contributed by atoms with E-state index in [0.717, 1.165) is 28.8 Å². The number of aromatic nitrogens is 1. The summed E-state index contributed by atoms with van der Waals surface area (Å²) in [6, 6.07) is 19.8. The van der Waals surface area contributed by atoms with Gasteiger partial charge >= 0.3 is 0 Å². The third-order valence-electron chi connectivity index (χ3n) is 4.21. The van der Waals surface area contributed by atoms with E-state index in [1.165, 1.54) is 5.56 Å². The Labute approximate surface area is 159 Å². The molecule has 3 rings (SSSR count). The van der Waals surface area contributed by atoms with Gasteiger partial charge in [-0.1, -0.05) is 61.8 Å². The molecule has 0 aliphatic rings. The minimum absolute atomic E-state index is 0.237. The molecular formula is C22H20ClN3. The molecule has 3 nitrogen and oxygen atoms in total. The summed E-state index contributed by atoms with van der Waals surface area (Å²) in [5.41, 5.74) is 11.1. The Kier molecular flexibility index (Phi) is 5.25. The first-order chi connectivity index (χ1) is 12.5. The Balaban J connectivity index is 2.06. The molecule has 0 atom stereocenters. The largest absolute Gasteiger partial charge is 0.383 e. The molecule has 0 unspecified atom stereocenters. The van der Waals surface area contributed by atoms with Gasteiger partial charge in [-0.25, -0.2) is 4.98 Å². The third kappa shape index (κ3) is 3.87. The predicted molar refractivity (Wildman–Crippen MR) is 108 cm³/mol. The Hall–Kier alpha value is -2.83. The number of anilines is 1. The molecular weight excluding hydrogens is 342 g/mol. The van der Waals surface area contributed by atoms with E-state index >= 15 is 0 Å². The van der Waals surface area contributed by atoms with Crippen molar-refractivity contribution in [3.8, 4) is 28.5 Å². The topological polar surface area (TPSA) is 62.7 Å². The highest BCUT2D eigenvalue weighted by atomic mass is 35.5. The molecule has 130 valence electrons. The van der Waals surface area contributed by atoms with Crippen LogP contribution in [0.3, 0.4) is 0 Å². The molecule has 1 heterocycles. The summed E-state index contributed by atoms with van der Waals surface area (Å²) in [5.74, 6) is 0.849. The molecule has 0 fully saturated rings. The van der Waals surface area contributed by atoms with Crippen molar-refractivity contribution in [1.29, 1.82) is 5.26 Å². The molecule has 0 amide bonds. The van der Waals surface area contributed by atoms with Crippen molar-refractivity contribution < 1.29 is 0 Å². The quantitative estimate of drug-likeness (QED) is 0.646. The zero-order valence-corrected chi connectivity index (χ0v) is 15.6. The third-order valence-corrected chi connectivity index (χ3v) is 4.46. The fourth-order valence-corrected chi connectivity index (χ4v) is 3.10. The number of hydrogen-bond acceptors (Lipinski definition) is 3. The van der Waals surface area contributed by atoms with Crippen LogP contribution >= 0.6 is 11.6 Å². The first-order valence-electron chi connectivity index (χ1n) is 8.54. The summed E-state index contributed by atoms with van der Waals surface area (Å²) in [7, 11) is 0. The molecule has 2 N–H and O–H groups in total. The van der Waals surface area contributed by atoms with E-state index < -0.39 is 0 Å². The molecule has 1 aromatic heterocycles. The SMILES string of the molecule is CC(C)Cc1ccc(-c2cc(-c3ccc(Cl)cc3)c(C#N)c(N)n2)cc1. The van der Waals surface area contributed by atoms with Crippen molar-refractivity contribution in [1.82, 2.24) is 4.98 Å². The van der Waals surface area contributed by atoms with Crippen molar-refractivity contribution in [2.24, 2.45) is 5.92 Å². The first-order valence-corrected chi connectivity index (χ1v) is 8.91. The minimum Gasteiger partial charge on any atom is -0.383 e. The van der Waals surface area contributed by atoms with Crippen LogP contribution in [-0.4, -0.2) is 4.98 Å². The summed E-state index contributed by atoms with van der Waals surface area (Å²) in [6.07, 6.45) is 1.04. The number of nitrogens with two attached hydrogens (primary N) is 1. The van der Waals surface area contributed by atoms with Gasteiger partial charge < -0.3 is 5.73 Å². The van der Waals surface area contributed by atoms with Gasteiger partial charge in [0, 0.05) is 16.1 Å². The average molecular weight is 362 g/mol. The number of pyridine rings is 1. The molecule has 2 aromatic carbocycles. The summed E-state index contributed by atoms with van der Waals surface area (Å²) in [4.78, 5) is 4.44. The van der Waals surface area contributed by atoms with E-state index in [2.05, 4.69) is 49.2 Å². The minimum atomic E-state index is 0.237. The monoisotopic (exact) mass is 361 g/mol. The molecule has 3 aromatic rings. The van der Waals surface area contributed by atoms with E-state index in [9.17, 15) is 5.26 Å². The normalized spacial score (nSPS) is 10.7. The molecule has 0 saturated carbocycles. The fraction of sp³-hybridized carbons (Fsp3) is 0.182. The number of benzene rings is 2. The zero-order valence-electron chi connectivity index (χ0n) is 14.8. The molecule has 0 spiro atoms. The summed E-state index contributed by atoms with van der Waals surface area (Å²) < 4.78 is 0. The fourth-order valence-electron chi connectivity index (χ4n) is 2.97. The van der Waals surface area contributed by atoms with Gasteiger partial charge in [0.2, 0.25) is 0 Å². The zero-order chi connectivity index (χ0) is 18.7. The smallest absolute Gasteiger partial charge is 0.142 e. The van der Waals surface area contributed by atoms with Crippen molar-refractivity contribution >= 4 is 17.4 Å². The van der Waals surface area contributed by atoms with Crippen LogP contribution in [0, 0.1) is 17.2 Å². The van der Waals surface area contributed by atoms with Crippen molar-refractivity contribution in [2.75, 3.05) is 5.73 Å². The number of rotatable bonds is 4. The van der Waals surface area contributed by atoms with E-state index in [1.807, 2.05) is 18.2 Å². The Bertz CT molecular complexity index is 952. The van der Waals surface area contributed by atoms with Crippen LogP contribution in [-0.2, 0) is 6.42 Å². The van der Waals surface area contributed by atoms with Gasteiger partial charge in [0.05, 0.1) is 5.69 Å². The number of hydrogen-bond donors (Lipinski definition) is 1. The number of nitrogen functional groups attached to an aromatic ring is 1. The van der Waals surface area contributed by atoms with E-state index in [-0.39, 0.29) is 5.82 Å². The highest BCUT2D eigenvalue weighted by Gasteiger charge is 2.13. The maximum Gasteiger partial charge on any atom is 0.142 e. The van der Waals surface area contributed by atoms with Gasteiger partial charge in [-0.15, -0.1) is 0 Å². The molecule has 0 bridgehead atoms. The molecule has 0 aliphatic heterocycles. The molecule has 0 saturated heterocycles. The van der Waals surface area contributed by atoms with Crippen LogP contribution in [0.5, 0.6) is 0 Å². The second-order valence-corrected chi connectivity index (χ2v) is 7.17. The molecule has 26 heavy (non-hydrogen) atoms. The lowest BCUT2D eigenvalue weighted by atomic mass is 9.97. The van der Waals surface area contributed by atoms with Gasteiger partial charge in [0.15, 0.2) is 0 Å². The van der Waals surface area contributed by atoms with Crippen LogP contribution in [0.25, 0.3) is 22.4 Å². The van der Waals surface area contributed by atoms with E-state index in [0.29, 0.717) is 16.5 Å². The maximum atomic E-state index is 9.50. The lowest BCUT2D eigenvalue weighted by Crippen LogP contribution is -2.00. The van der Waals surface area contributed by atoms with E-state index in [4.69, 9.17) is 17.3 Å². The Morgan fingerprint density at radius 3 is 2.23 bits per heavy atom. The Morgan fingerprint density at radius 2 is 1.65 bits per heavy atom. The molecule has 4 heteroatoms. The lowest BCUT2D eigenvalue weighted by Gasteiger charge is -2.11. The molecule has 0 radical (unpaired) electrons. The van der Waals surface area contributed by atoms with Crippen LogP contribution in [0.4, 0.5) is 5.82 Å². The predicted octanol–water partition coefficient (Wildman–Crippen LogP) is 5.72. The summed E-state index contributed by atoms with van der Waals surface area (Å²) >= 11 is 5.98. The average Bonchev–Trinajstić information content (AvgIpc) is 2.62. The van der Waals surface area contributed by atoms with Crippen LogP contribution in [0.15, 0.2) is 54.6 Å². The van der Waals surface area contributed by atoms with Gasteiger partial charge in [-0.2, -0.15) is 5.26 Å². The number of nitriles is 1. The summed E-state index contributed by atoms with van der Waals surface area (Å²) in [6.45, 7) is 4.41. The van der Waals surface area contributed by atoms with Gasteiger partial charge in [0.25, 0.3) is 0 Å². The summed E-state index contributed by atoms with van der Waals surface area (Å²) in [5, 5.41) is 10.1.